The summed E-state index contributed by atoms with van der Waals surface area (Å²) in [7, 11) is 0. The van der Waals surface area contributed by atoms with Gasteiger partial charge in [0.05, 0.1) is 18.1 Å². The third-order valence-electron chi connectivity index (χ3n) is 3.60. The maximum atomic E-state index is 12.3. The van der Waals surface area contributed by atoms with Crippen molar-refractivity contribution in [2.45, 2.75) is 12.2 Å². The van der Waals surface area contributed by atoms with Crippen LogP contribution in [0.5, 0.6) is 0 Å². The summed E-state index contributed by atoms with van der Waals surface area (Å²) in [5.41, 5.74) is 0.659. The van der Waals surface area contributed by atoms with Crippen LogP contribution < -0.4 is 5.32 Å². The van der Waals surface area contributed by atoms with E-state index in [1.165, 1.54) is 0 Å². The topological polar surface area (TPSA) is 75.6 Å². The molecule has 104 valence electrons. The summed E-state index contributed by atoms with van der Waals surface area (Å²) in [5.74, 6) is -2.80. The zero-order chi connectivity index (χ0) is 14.3. The predicted molar refractivity (Wildman–Crippen MR) is 80.2 cm³/mol. The lowest BCUT2D eigenvalue weighted by Crippen LogP contribution is -2.39. The standard InChI is InChI=1S/C14H12INO4/c15-7-1-3-8(4-2-7)16-13(17)11-9-5-6-10(20-9)12(11)14(18)19/h1-6,9-12H,(H,16,17)(H,18,19)/t9-,10-,11-,12+/m1/s1. The molecule has 0 spiro atoms. The van der Waals surface area contributed by atoms with Crippen molar-refractivity contribution in [3.05, 3.63) is 40.0 Å². The fraction of sp³-hybridized carbons (Fsp3) is 0.286. The molecule has 0 aromatic heterocycles. The van der Waals surface area contributed by atoms with Gasteiger partial charge in [-0.05, 0) is 46.9 Å². The van der Waals surface area contributed by atoms with E-state index in [4.69, 9.17) is 4.74 Å². The highest BCUT2D eigenvalue weighted by Gasteiger charge is 2.53. The summed E-state index contributed by atoms with van der Waals surface area (Å²) in [6.07, 6.45) is 2.55. The van der Waals surface area contributed by atoms with Crippen molar-refractivity contribution < 1.29 is 19.4 Å². The lowest BCUT2D eigenvalue weighted by atomic mass is 9.82. The van der Waals surface area contributed by atoms with Crippen molar-refractivity contribution in [2.75, 3.05) is 5.32 Å². The Bertz CT molecular complexity index is 583. The maximum absolute atomic E-state index is 12.3. The van der Waals surface area contributed by atoms with Crippen LogP contribution in [0.1, 0.15) is 0 Å². The van der Waals surface area contributed by atoms with Crippen molar-refractivity contribution in [3.63, 3.8) is 0 Å². The van der Waals surface area contributed by atoms with Crippen molar-refractivity contribution >= 4 is 40.2 Å². The number of fused-ring (bicyclic) bond motifs is 2. The second-order valence-corrected chi connectivity index (χ2v) is 6.08. The minimum Gasteiger partial charge on any atom is -0.481 e. The Kier molecular flexibility index (Phi) is 3.51. The van der Waals surface area contributed by atoms with E-state index in [0.717, 1.165) is 3.57 Å². The second-order valence-electron chi connectivity index (χ2n) is 4.84. The molecule has 1 aromatic rings. The van der Waals surface area contributed by atoms with Gasteiger partial charge in [-0.2, -0.15) is 0 Å². The van der Waals surface area contributed by atoms with Gasteiger partial charge in [-0.15, -0.1) is 0 Å². The van der Waals surface area contributed by atoms with Crippen LogP contribution in [0.2, 0.25) is 0 Å². The van der Waals surface area contributed by atoms with Crippen molar-refractivity contribution in [3.8, 4) is 0 Å². The van der Waals surface area contributed by atoms with E-state index < -0.39 is 30.0 Å². The molecule has 5 nitrogen and oxygen atoms in total. The molecule has 2 bridgehead atoms. The average molecular weight is 385 g/mol. The van der Waals surface area contributed by atoms with Crippen LogP contribution in [0.15, 0.2) is 36.4 Å². The monoisotopic (exact) mass is 385 g/mol. The van der Waals surface area contributed by atoms with E-state index in [9.17, 15) is 14.7 Å². The van der Waals surface area contributed by atoms with Gasteiger partial charge in [-0.25, -0.2) is 0 Å². The zero-order valence-corrected chi connectivity index (χ0v) is 12.5. The molecule has 2 heterocycles. The number of benzene rings is 1. The van der Waals surface area contributed by atoms with Gasteiger partial charge in [-0.1, -0.05) is 12.2 Å². The molecule has 3 rings (SSSR count). The normalized spacial score (nSPS) is 30.4. The number of hydrogen-bond donors (Lipinski definition) is 2. The van der Waals surface area contributed by atoms with E-state index in [2.05, 4.69) is 27.9 Å². The van der Waals surface area contributed by atoms with Crippen LogP contribution in [0.4, 0.5) is 5.69 Å². The average Bonchev–Trinajstić information content (AvgIpc) is 3.01. The summed E-state index contributed by atoms with van der Waals surface area (Å²) >= 11 is 2.18. The van der Waals surface area contributed by atoms with Crippen molar-refractivity contribution in [1.29, 1.82) is 0 Å². The smallest absolute Gasteiger partial charge is 0.310 e. The molecule has 2 N–H and O–H groups in total. The van der Waals surface area contributed by atoms with Crippen LogP contribution in [0, 0.1) is 15.4 Å². The molecule has 0 unspecified atom stereocenters. The van der Waals surface area contributed by atoms with Gasteiger partial charge >= 0.3 is 5.97 Å². The van der Waals surface area contributed by atoms with Gasteiger partial charge < -0.3 is 15.2 Å². The molecular weight excluding hydrogens is 373 g/mol. The highest BCUT2D eigenvalue weighted by Crippen LogP contribution is 2.39. The van der Waals surface area contributed by atoms with Crippen LogP contribution in [0.25, 0.3) is 0 Å². The Hall–Kier alpha value is -1.41. The van der Waals surface area contributed by atoms with Gasteiger partial charge in [0, 0.05) is 9.26 Å². The molecule has 6 heteroatoms. The summed E-state index contributed by atoms with van der Waals surface area (Å²) < 4.78 is 6.55. The summed E-state index contributed by atoms with van der Waals surface area (Å²) in [6, 6.07) is 7.34. The molecule has 1 aromatic carbocycles. The van der Waals surface area contributed by atoms with E-state index in [-0.39, 0.29) is 5.91 Å². The number of hydrogen-bond acceptors (Lipinski definition) is 3. The number of anilines is 1. The number of aliphatic carboxylic acids is 1. The number of ether oxygens (including phenoxy) is 1. The molecular formula is C14H12INO4. The summed E-state index contributed by atoms with van der Waals surface area (Å²) in [6.45, 7) is 0. The van der Waals surface area contributed by atoms with Crippen molar-refractivity contribution in [2.24, 2.45) is 11.8 Å². The Balaban J connectivity index is 1.78. The first-order valence-electron chi connectivity index (χ1n) is 6.19. The maximum Gasteiger partial charge on any atom is 0.310 e. The quantitative estimate of drug-likeness (QED) is 0.616. The fourth-order valence-corrected chi connectivity index (χ4v) is 3.03. The highest BCUT2D eigenvalue weighted by atomic mass is 127. The molecule has 0 saturated carbocycles. The predicted octanol–water partition coefficient (Wildman–Crippen LogP) is 1.88. The first-order chi connectivity index (χ1) is 9.56. The minimum absolute atomic E-state index is 0.310. The summed E-state index contributed by atoms with van der Waals surface area (Å²) in [4.78, 5) is 23.6. The number of carbonyl (C=O) groups excluding carboxylic acids is 1. The molecule has 20 heavy (non-hydrogen) atoms. The van der Waals surface area contributed by atoms with Crippen LogP contribution in [0.3, 0.4) is 0 Å². The van der Waals surface area contributed by atoms with E-state index in [1.807, 2.05) is 12.1 Å². The minimum atomic E-state index is -0.996. The molecule has 1 amide bonds. The van der Waals surface area contributed by atoms with E-state index in [0.29, 0.717) is 5.69 Å². The highest BCUT2D eigenvalue weighted by molar-refractivity contribution is 14.1. The molecule has 4 atom stereocenters. The summed E-state index contributed by atoms with van der Waals surface area (Å²) in [5, 5.41) is 12.0. The number of halogens is 1. The number of carboxylic acids is 1. The van der Waals surface area contributed by atoms with E-state index >= 15 is 0 Å². The fourth-order valence-electron chi connectivity index (χ4n) is 2.67. The molecule has 0 radical (unpaired) electrons. The lowest BCUT2D eigenvalue weighted by molar-refractivity contribution is -0.145. The van der Waals surface area contributed by atoms with Gasteiger partial charge in [-0.3, -0.25) is 9.59 Å². The first-order valence-corrected chi connectivity index (χ1v) is 7.27. The SMILES string of the molecule is O=C(O)[C@@H]1[C@H](C(=O)Nc2ccc(I)cc2)[C@H]2C=C[C@H]1O2. The molecule has 2 aliphatic heterocycles. The van der Waals surface area contributed by atoms with Crippen LogP contribution >= 0.6 is 22.6 Å². The number of nitrogens with one attached hydrogen (secondary N) is 1. The lowest BCUT2D eigenvalue weighted by Gasteiger charge is -2.20. The molecule has 1 saturated heterocycles. The van der Waals surface area contributed by atoms with Gasteiger partial charge in [0.15, 0.2) is 0 Å². The Morgan fingerprint density at radius 1 is 1.10 bits per heavy atom. The van der Waals surface area contributed by atoms with Crippen molar-refractivity contribution in [1.82, 2.24) is 0 Å². The largest absolute Gasteiger partial charge is 0.481 e. The molecule has 1 fully saturated rings. The van der Waals surface area contributed by atoms with E-state index in [1.54, 1.807) is 24.3 Å². The van der Waals surface area contributed by atoms with Gasteiger partial charge in [0.25, 0.3) is 0 Å². The Morgan fingerprint density at radius 3 is 2.30 bits per heavy atom. The number of carbonyl (C=O) groups is 2. The van der Waals surface area contributed by atoms with Gasteiger partial charge in [0.1, 0.15) is 5.92 Å². The third kappa shape index (κ3) is 2.33. The number of amides is 1. The van der Waals surface area contributed by atoms with Crippen LogP contribution in [-0.4, -0.2) is 29.2 Å². The van der Waals surface area contributed by atoms with Crippen LogP contribution in [-0.2, 0) is 14.3 Å². The molecule has 0 aliphatic carbocycles. The third-order valence-corrected chi connectivity index (χ3v) is 4.32. The Morgan fingerprint density at radius 2 is 1.70 bits per heavy atom. The van der Waals surface area contributed by atoms with Gasteiger partial charge in [0.2, 0.25) is 5.91 Å². The first kappa shape index (κ1) is 13.6. The number of rotatable bonds is 3. The second kappa shape index (κ2) is 5.17. The Labute approximate surface area is 129 Å². The molecule has 2 aliphatic rings. The number of carboxylic acid groups (broad SMARTS) is 1. The zero-order valence-electron chi connectivity index (χ0n) is 10.3.